The van der Waals surface area contributed by atoms with E-state index in [1.54, 1.807) is 0 Å². The molecule has 2 unspecified atom stereocenters. The maximum Gasteiger partial charge on any atom is 0.228 e. The first-order chi connectivity index (χ1) is 7.65. The Morgan fingerprint density at radius 3 is 2.88 bits per heavy atom. The van der Waals surface area contributed by atoms with Crippen LogP contribution in [0.1, 0.15) is 26.7 Å². The third-order valence-corrected chi connectivity index (χ3v) is 4.01. The number of amides is 1. The van der Waals surface area contributed by atoms with Crippen molar-refractivity contribution in [1.82, 2.24) is 10.6 Å². The van der Waals surface area contributed by atoms with E-state index in [2.05, 4.69) is 24.5 Å². The maximum absolute atomic E-state index is 12.4. The van der Waals surface area contributed by atoms with Gasteiger partial charge in [0.25, 0.3) is 0 Å². The summed E-state index contributed by atoms with van der Waals surface area (Å²) in [6, 6.07) is 0.226. The number of nitrogens with one attached hydrogen (secondary N) is 2. The quantitative estimate of drug-likeness (QED) is 0.738. The molecule has 2 rings (SSSR count). The van der Waals surface area contributed by atoms with Crippen LogP contribution in [0, 0.1) is 11.3 Å². The van der Waals surface area contributed by atoms with Crippen molar-refractivity contribution in [1.29, 1.82) is 0 Å². The lowest BCUT2D eigenvalue weighted by Gasteiger charge is -2.32. The van der Waals surface area contributed by atoms with Crippen LogP contribution in [0.25, 0.3) is 0 Å². The zero-order valence-corrected chi connectivity index (χ0v) is 10.2. The highest BCUT2D eigenvalue weighted by Crippen LogP contribution is 2.34. The molecule has 4 nitrogen and oxygen atoms in total. The van der Waals surface area contributed by atoms with Gasteiger partial charge in [-0.15, -0.1) is 0 Å². The lowest BCUT2D eigenvalue weighted by Crippen LogP contribution is -2.49. The maximum atomic E-state index is 12.4. The van der Waals surface area contributed by atoms with Gasteiger partial charge in [0, 0.05) is 13.2 Å². The highest BCUT2D eigenvalue weighted by molar-refractivity contribution is 5.84. The van der Waals surface area contributed by atoms with Crippen LogP contribution in [0.3, 0.4) is 0 Å². The van der Waals surface area contributed by atoms with Crippen molar-refractivity contribution in [3.05, 3.63) is 0 Å². The molecule has 0 aromatic heterocycles. The van der Waals surface area contributed by atoms with Gasteiger partial charge in [-0.2, -0.15) is 0 Å². The molecule has 4 heteroatoms. The van der Waals surface area contributed by atoms with Crippen LogP contribution in [-0.2, 0) is 9.53 Å². The van der Waals surface area contributed by atoms with Gasteiger partial charge in [-0.25, -0.2) is 0 Å². The molecule has 0 radical (unpaired) electrons. The lowest BCUT2D eigenvalue weighted by atomic mass is 9.75. The molecule has 1 amide bonds. The molecule has 2 fully saturated rings. The largest absolute Gasteiger partial charge is 0.379 e. The first-order valence-electron chi connectivity index (χ1n) is 6.24. The average Bonchev–Trinajstić information content (AvgIpc) is 2.87. The summed E-state index contributed by atoms with van der Waals surface area (Å²) in [5.41, 5.74) is -0.206. The minimum atomic E-state index is -0.206. The van der Waals surface area contributed by atoms with E-state index in [0.29, 0.717) is 12.5 Å². The summed E-state index contributed by atoms with van der Waals surface area (Å²) >= 11 is 0. The molecule has 0 bridgehead atoms. The third kappa shape index (κ3) is 2.09. The van der Waals surface area contributed by atoms with Crippen LogP contribution in [0.4, 0.5) is 0 Å². The predicted molar refractivity (Wildman–Crippen MR) is 62.1 cm³/mol. The zero-order chi connectivity index (χ0) is 11.6. The lowest BCUT2D eigenvalue weighted by molar-refractivity contribution is -0.133. The fourth-order valence-corrected chi connectivity index (χ4v) is 2.64. The molecule has 0 aromatic rings. The molecule has 2 aliphatic rings. The Bertz CT molecular complexity index is 254. The monoisotopic (exact) mass is 226 g/mol. The number of rotatable bonds is 3. The van der Waals surface area contributed by atoms with Crippen molar-refractivity contribution in [2.45, 2.75) is 32.7 Å². The SMILES string of the molecule is CC(C)C1(C(=O)NC2CCOC2)CCNC1. The second-order valence-electron chi connectivity index (χ2n) is 5.27. The molecule has 0 spiro atoms. The van der Waals surface area contributed by atoms with E-state index in [-0.39, 0.29) is 17.4 Å². The molecule has 0 aromatic carbocycles. The molecule has 0 saturated carbocycles. The topological polar surface area (TPSA) is 50.4 Å². The predicted octanol–water partition coefficient (Wildman–Crippen LogP) is 0.527. The molecule has 2 N–H and O–H groups in total. The number of carbonyl (C=O) groups is 1. The number of carbonyl (C=O) groups excluding carboxylic acids is 1. The van der Waals surface area contributed by atoms with Gasteiger partial charge in [0.1, 0.15) is 0 Å². The Kier molecular flexibility index (Phi) is 3.50. The van der Waals surface area contributed by atoms with Crippen LogP contribution < -0.4 is 10.6 Å². The minimum absolute atomic E-state index is 0.206. The van der Waals surface area contributed by atoms with Crippen LogP contribution in [-0.4, -0.2) is 38.3 Å². The van der Waals surface area contributed by atoms with Crippen molar-refractivity contribution in [3.63, 3.8) is 0 Å². The summed E-state index contributed by atoms with van der Waals surface area (Å²) in [4.78, 5) is 12.4. The van der Waals surface area contributed by atoms with Crippen molar-refractivity contribution >= 4 is 5.91 Å². The summed E-state index contributed by atoms with van der Waals surface area (Å²) in [6.45, 7) is 7.48. The van der Waals surface area contributed by atoms with Gasteiger partial charge in [0.2, 0.25) is 5.91 Å². The summed E-state index contributed by atoms with van der Waals surface area (Å²) in [7, 11) is 0. The van der Waals surface area contributed by atoms with Crippen LogP contribution in [0.15, 0.2) is 0 Å². The smallest absolute Gasteiger partial charge is 0.228 e. The summed E-state index contributed by atoms with van der Waals surface area (Å²) in [5, 5.41) is 6.45. The van der Waals surface area contributed by atoms with Gasteiger partial charge in [-0.1, -0.05) is 13.8 Å². The van der Waals surface area contributed by atoms with Crippen LogP contribution >= 0.6 is 0 Å². The third-order valence-electron chi connectivity index (χ3n) is 4.01. The Labute approximate surface area is 97.1 Å². The highest BCUT2D eigenvalue weighted by atomic mass is 16.5. The van der Waals surface area contributed by atoms with Crippen molar-refractivity contribution in [3.8, 4) is 0 Å². The second-order valence-corrected chi connectivity index (χ2v) is 5.27. The first-order valence-corrected chi connectivity index (χ1v) is 6.24. The van der Waals surface area contributed by atoms with Crippen LogP contribution in [0.2, 0.25) is 0 Å². The van der Waals surface area contributed by atoms with Gasteiger partial charge < -0.3 is 15.4 Å². The molecular weight excluding hydrogens is 204 g/mol. The minimum Gasteiger partial charge on any atom is -0.379 e. The normalized spacial score (nSPS) is 34.6. The van der Waals surface area contributed by atoms with Gasteiger partial charge in [-0.3, -0.25) is 4.79 Å². The van der Waals surface area contributed by atoms with Gasteiger partial charge in [-0.05, 0) is 25.3 Å². The van der Waals surface area contributed by atoms with Gasteiger partial charge in [0.15, 0.2) is 0 Å². The molecule has 0 aliphatic carbocycles. The molecule has 2 aliphatic heterocycles. The van der Waals surface area contributed by atoms with Crippen molar-refractivity contribution < 1.29 is 9.53 Å². The van der Waals surface area contributed by atoms with Crippen molar-refractivity contribution in [2.75, 3.05) is 26.3 Å². The fourth-order valence-electron chi connectivity index (χ4n) is 2.64. The number of hydrogen-bond donors (Lipinski definition) is 2. The van der Waals surface area contributed by atoms with Gasteiger partial charge in [0.05, 0.1) is 18.1 Å². The number of hydrogen-bond acceptors (Lipinski definition) is 3. The standard InChI is InChI=1S/C12H22N2O2/c1-9(2)12(4-5-13-8-12)11(15)14-10-3-6-16-7-10/h9-10,13H,3-8H2,1-2H3,(H,14,15). The molecule has 2 saturated heterocycles. The Morgan fingerprint density at radius 1 is 1.56 bits per heavy atom. The molecule has 92 valence electrons. The molecular formula is C12H22N2O2. The van der Waals surface area contributed by atoms with E-state index in [0.717, 1.165) is 32.5 Å². The van der Waals surface area contributed by atoms with Crippen LogP contribution in [0.5, 0.6) is 0 Å². The van der Waals surface area contributed by atoms with Crippen molar-refractivity contribution in [2.24, 2.45) is 11.3 Å². The van der Waals surface area contributed by atoms with Gasteiger partial charge >= 0.3 is 0 Å². The summed E-state index contributed by atoms with van der Waals surface area (Å²) < 4.78 is 5.28. The average molecular weight is 226 g/mol. The second kappa shape index (κ2) is 4.72. The molecule has 2 heterocycles. The van der Waals surface area contributed by atoms with E-state index in [9.17, 15) is 4.79 Å². The van der Waals surface area contributed by atoms with E-state index in [1.807, 2.05) is 0 Å². The molecule has 2 atom stereocenters. The Morgan fingerprint density at radius 2 is 2.38 bits per heavy atom. The summed E-state index contributed by atoms with van der Waals surface area (Å²) in [6.07, 6.45) is 1.90. The summed E-state index contributed by atoms with van der Waals surface area (Å²) in [5.74, 6) is 0.591. The fraction of sp³-hybridized carbons (Fsp3) is 0.917. The van der Waals surface area contributed by atoms with E-state index >= 15 is 0 Å². The Hall–Kier alpha value is -0.610. The zero-order valence-electron chi connectivity index (χ0n) is 10.2. The van der Waals surface area contributed by atoms with E-state index in [4.69, 9.17) is 4.74 Å². The number of ether oxygens (including phenoxy) is 1. The highest BCUT2D eigenvalue weighted by Gasteiger charge is 2.44. The van der Waals surface area contributed by atoms with E-state index in [1.165, 1.54) is 0 Å². The van der Waals surface area contributed by atoms with E-state index < -0.39 is 0 Å². The first kappa shape index (κ1) is 11.9. The molecule has 16 heavy (non-hydrogen) atoms. The Balaban J connectivity index is 1.99.